The van der Waals surface area contributed by atoms with Crippen molar-refractivity contribution in [2.24, 2.45) is 11.7 Å². The van der Waals surface area contributed by atoms with E-state index in [1.54, 1.807) is 6.26 Å². The van der Waals surface area contributed by atoms with E-state index in [1.165, 1.54) is 0 Å². The van der Waals surface area contributed by atoms with Crippen LogP contribution in [-0.4, -0.2) is 19.3 Å². The van der Waals surface area contributed by atoms with Gasteiger partial charge in [-0.3, -0.25) is 0 Å². The molecule has 2 atom stereocenters. The summed E-state index contributed by atoms with van der Waals surface area (Å²) in [5.74, 6) is 1.48. The van der Waals surface area contributed by atoms with E-state index in [2.05, 4.69) is 0 Å². The Morgan fingerprint density at radius 3 is 3.15 bits per heavy atom. The average Bonchev–Trinajstić information content (AvgIpc) is 2.74. The highest BCUT2D eigenvalue weighted by Crippen LogP contribution is 2.18. The van der Waals surface area contributed by atoms with Crippen molar-refractivity contribution in [1.29, 1.82) is 0 Å². The Morgan fingerprint density at radius 1 is 1.62 bits per heavy atom. The standard InChI is InChI=1S/C10H15NO2/c11-10(8-3-5-12-7-8)6-9-2-1-4-13-9/h1-2,4,8,10H,3,5-7,11H2. The molecule has 1 saturated heterocycles. The molecule has 1 fully saturated rings. The topological polar surface area (TPSA) is 48.4 Å². The molecule has 0 amide bonds. The van der Waals surface area contributed by atoms with E-state index in [-0.39, 0.29) is 6.04 Å². The molecule has 0 aliphatic carbocycles. The zero-order chi connectivity index (χ0) is 9.10. The Balaban J connectivity index is 1.87. The number of rotatable bonds is 3. The summed E-state index contributed by atoms with van der Waals surface area (Å²) in [6.45, 7) is 1.67. The van der Waals surface area contributed by atoms with E-state index >= 15 is 0 Å². The predicted molar refractivity (Wildman–Crippen MR) is 49.3 cm³/mol. The van der Waals surface area contributed by atoms with Crippen molar-refractivity contribution >= 4 is 0 Å². The molecule has 2 heterocycles. The molecule has 13 heavy (non-hydrogen) atoms. The van der Waals surface area contributed by atoms with Gasteiger partial charge in [0.15, 0.2) is 0 Å². The number of nitrogens with two attached hydrogens (primary N) is 1. The zero-order valence-corrected chi connectivity index (χ0v) is 7.61. The lowest BCUT2D eigenvalue weighted by Gasteiger charge is -2.15. The van der Waals surface area contributed by atoms with Gasteiger partial charge in [-0.05, 0) is 24.5 Å². The third-order valence-corrected chi connectivity index (χ3v) is 2.59. The largest absolute Gasteiger partial charge is 0.469 e. The van der Waals surface area contributed by atoms with Crippen molar-refractivity contribution in [2.45, 2.75) is 18.9 Å². The van der Waals surface area contributed by atoms with E-state index < -0.39 is 0 Å². The van der Waals surface area contributed by atoms with Crippen LogP contribution in [0.5, 0.6) is 0 Å². The summed E-state index contributed by atoms with van der Waals surface area (Å²) in [6, 6.07) is 4.04. The number of hydrogen-bond donors (Lipinski definition) is 1. The van der Waals surface area contributed by atoms with Crippen molar-refractivity contribution in [3.05, 3.63) is 24.2 Å². The highest BCUT2D eigenvalue weighted by Gasteiger charge is 2.23. The first-order valence-corrected chi connectivity index (χ1v) is 4.72. The molecule has 0 aromatic carbocycles. The lowest BCUT2D eigenvalue weighted by Crippen LogP contribution is -2.32. The fraction of sp³-hybridized carbons (Fsp3) is 0.600. The summed E-state index contributed by atoms with van der Waals surface area (Å²) in [6.07, 6.45) is 3.59. The molecule has 3 heteroatoms. The van der Waals surface area contributed by atoms with Gasteiger partial charge in [0.2, 0.25) is 0 Å². The van der Waals surface area contributed by atoms with Crippen molar-refractivity contribution < 1.29 is 9.15 Å². The Morgan fingerprint density at radius 2 is 2.54 bits per heavy atom. The Labute approximate surface area is 77.9 Å². The summed E-state index contributed by atoms with van der Waals surface area (Å²) < 4.78 is 10.5. The summed E-state index contributed by atoms with van der Waals surface area (Å²) in [7, 11) is 0. The maximum absolute atomic E-state index is 6.03. The second-order valence-electron chi connectivity index (χ2n) is 3.57. The molecule has 2 rings (SSSR count). The fourth-order valence-electron chi connectivity index (χ4n) is 1.72. The van der Waals surface area contributed by atoms with Crippen LogP contribution in [-0.2, 0) is 11.2 Å². The normalized spacial score (nSPS) is 24.8. The SMILES string of the molecule is NC(Cc1ccco1)C1CCOC1. The summed E-state index contributed by atoms with van der Waals surface area (Å²) in [4.78, 5) is 0. The third kappa shape index (κ3) is 2.11. The van der Waals surface area contributed by atoms with Gasteiger partial charge in [0.25, 0.3) is 0 Å². The number of furan rings is 1. The molecule has 0 bridgehead atoms. The molecule has 1 aliphatic heterocycles. The van der Waals surface area contributed by atoms with Crippen LogP contribution in [0.1, 0.15) is 12.2 Å². The molecule has 72 valence electrons. The molecule has 1 aromatic heterocycles. The van der Waals surface area contributed by atoms with Gasteiger partial charge in [-0.15, -0.1) is 0 Å². The van der Waals surface area contributed by atoms with Crippen LogP contribution in [0.2, 0.25) is 0 Å². The monoisotopic (exact) mass is 181 g/mol. The smallest absolute Gasteiger partial charge is 0.105 e. The second-order valence-corrected chi connectivity index (χ2v) is 3.57. The van der Waals surface area contributed by atoms with E-state index in [0.29, 0.717) is 5.92 Å². The van der Waals surface area contributed by atoms with Crippen LogP contribution < -0.4 is 5.73 Å². The van der Waals surface area contributed by atoms with Gasteiger partial charge in [0.05, 0.1) is 12.9 Å². The molecular formula is C10H15NO2. The summed E-state index contributed by atoms with van der Waals surface area (Å²) >= 11 is 0. The molecule has 0 spiro atoms. The van der Waals surface area contributed by atoms with E-state index in [9.17, 15) is 0 Å². The van der Waals surface area contributed by atoms with Crippen LogP contribution >= 0.6 is 0 Å². The summed E-state index contributed by atoms with van der Waals surface area (Å²) in [5, 5.41) is 0. The zero-order valence-electron chi connectivity index (χ0n) is 7.61. The lowest BCUT2D eigenvalue weighted by molar-refractivity contribution is 0.180. The molecule has 1 aromatic rings. The third-order valence-electron chi connectivity index (χ3n) is 2.59. The first-order chi connectivity index (χ1) is 6.36. The summed E-state index contributed by atoms with van der Waals surface area (Å²) in [5.41, 5.74) is 6.03. The molecule has 3 nitrogen and oxygen atoms in total. The molecular weight excluding hydrogens is 166 g/mol. The number of ether oxygens (including phenoxy) is 1. The Hall–Kier alpha value is -0.800. The van der Waals surface area contributed by atoms with Gasteiger partial charge in [-0.25, -0.2) is 0 Å². The van der Waals surface area contributed by atoms with Gasteiger partial charge in [0.1, 0.15) is 5.76 Å². The Bertz CT molecular complexity index is 239. The van der Waals surface area contributed by atoms with Crippen molar-refractivity contribution in [3.63, 3.8) is 0 Å². The second kappa shape index (κ2) is 3.94. The van der Waals surface area contributed by atoms with Gasteiger partial charge in [-0.2, -0.15) is 0 Å². The van der Waals surface area contributed by atoms with Crippen LogP contribution in [0.15, 0.2) is 22.8 Å². The van der Waals surface area contributed by atoms with Gasteiger partial charge >= 0.3 is 0 Å². The van der Waals surface area contributed by atoms with E-state index in [0.717, 1.165) is 31.8 Å². The predicted octanol–water partition coefficient (Wildman–Crippen LogP) is 1.19. The van der Waals surface area contributed by atoms with E-state index in [4.69, 9.17) is 14.9 Å². The van der Waals surface area contributed by atoms with Crippen LogP contribution in [0.3, 0.4) is 0 Å². The minimum absolute atomic E-state index is 0.175. The van der Waals surface area contributed by atoms with Crippen molar-refractivity contribution in [2.75, 3.05) is 13.2 Å². The van der Waals surface area contributed by atoms with Gasteiger partial charge < -0.3 is 14.9 Å². The average molecular weight is 181 g/mol. The highest BCUT2D eigenvalue weighted by molar-refractivity contribution is 5.01. The first-order valence-electron chi connectivity index (χ1n) is 4.72. The van der Waals surface area contributed by atoms with Gasteiger partial charge in [0, 0.05) is 19.1 Å². The fourth-order valence-corrected chi connectivity index (χ4v) is 1.72. The minimum atomic E-state index is 0.175. The van der Waals surface area contributed by atoms with Crippen LogP contribution in [0.25, 0.3) is 0 Å². The van der Waals surface area contributed by atoms with Crippen molar-refractivity contribution in [3.8, 4) is 0 Å². The maximum atomic E-state index is 6.03. The molecule has 2 unspecified atom stereocenters. The van der Waals surface area contributed by atoms with Crippen LogP contribution in [0, 0.1) is 5.92 Å². The molecule has 0 saturated carbocycles. The van der Waals surface area contributed by atoms with Gasteiger partial charge in [-0.1, -0.05) is 0 Å². The minimum Gasteiger partial charge on any atom is -0.469 e. The molecule has 0 radical (unpaired) electrons. The van der Waals surface area contributed by atoms with E-state index in [1.807, 2.05) is 12.1 Å². The molecule has 2 N–H and O–H groups in total. The Kier molecular flexibility index (Phi) is 2.66. The number of hydrogen-bond acceptors (Lipinski definition) is 3. The van der Waals surface area contributed by atoms with Crippen LogP contribution in [0.4, 0.5) is 0 Å². The maximum Gasteiger partial charge on any atom is 0.105 e. The quantitative estimate of drug-likeness (QED) is 0.761. The first kappa shape index (κ1) is 8.78. The highest BCUT2D eigenvalue weighted by atomic mass is 16.5. The van der Waals surface area contributed by atoms with Crippen molar-refractivity contribution in [1.82, 2.24) is 0 Å². The lowest BCUT2D eigenvalue weighted by atomic mass is 9.96. The molecule has 1 aliphatic rings.